The topological polar surface area (TPSA) is 89.3 Å². The number of carbonyl (C=O) groups is 1. The monoisotopic (exact) mass is 374 g/mol. The van der Waals surface area contributed by atoms with E-state index in [4.69, 9.17) is 10.5 Å². The molecule has 3 aromatic rings. The van der Waals surface area contributed by atoms with Crippen LogP contribution in [0.5, 0.6) is 5.75 Å². The van der Waals surface area contributed by atoms with Gasteiger partial charge < -0.3 is 21.1 Å². The second-order valence-corrected chi connectivity index (χ2v) is 6.87. The van der Waals surface area contributed by atoms with Crippen molar-refractivity contribution in [3.63, 3.8) is 0 Å². The first-order chi connectivity index (χ1) is 13.6. The molecular weight excluding hydrogens is 352 g/mol. The Morgan fingerprint density at radius 2 is 1.75 bits per heavy atom. The van der Waals surface area contributed by atoms with Gasteiger partial charge in [0.2, 0.25) is 0 Å². The van der Waals surface area contributed by atoms with E-state index in [2.05, 4.69) is 27.8 Å². The van der Waals surface area contributed by atoms with Crippen LogP contribution < -0.4 is 21.1 Å². The molecule has 0 saturated carbocycles. The first-order valence-electron chi connectivity index (χ1n) is 9.17. The smallest absolute Gasteiger partial charge is 0.270 e. The fourth-order valence-electron chi connectivity index (χ4n) is 3.47. The Morgan fingerprint density at radius 3 is 2.39 bits per heavy atom. The number of nitrogens with one attached hydrogen (secondary N) is 2. The third-order valence-electron chi connectivity index (χ3n) is 4.83. The molecule has 1 aromatic heterocycles. The Bertz CT molecular complexity index is 977. The number of rotatable bonds is 5. The second-order valence-electron chi connectivity index (χ2n) is 6.87. The zero-order valence-corrected chi connectivity index (χ0v) is 15.6. The molecule has 4 N–H and O–H groups in total. The lowest BCUT2D eigenvalue weighted by Gasteiger charge is -2.13. The molecule has 28 heavy (non-hydrogen) atoms. The molecular formula is C22H22N4O2. The van der Waals surface area contributed by atoms with E-state index in [1.54, 1.807) is 19.2 Å². The summed E-state index contributed by atoms with van der Waals surface area (Å²) in [4.78, 5) is 17.1. The van der Waals surface area contributed by atoms with Crippen LogP contribution in [0.3, 0.4) is 0 Å². The van der Waals surface area contributed by atoms with E-state index in [1.165, 1.54) is 11.1 Å². The van der Waals surface area contributed by atoms with Crippen LogP contribution in [-0.4, -0.2) is 24.0 Å². The summed E-state index contributed by atoms with van der Waals surface area (Å²) in [5.41, 5.74) is 10.2. The highest BCUT2D eigenvalue weighted by atomic mass is 16.5. The van der Waals surface area contributed by atoms with E-state index in [-0.39, 0.29) is 11.9 Å². The lowest BCUT2D eigenvalue weighted by molar-refractivity contribution is 0.0933. The normalized spacial score (nSPS) is 13.0. The van der Waals surface area contributed by atoms with Crippen molar-refractivity contribution in [2.45, 2.75) is 18.9 Å². The van der Waals surface area contributed by atoms with Gasteiger partial charge in [-0.05, 0) is 54.3 Å². The summed E-state index contributed by atoms with van der Waals surface area (Å²) in [5, 5.41) is 6.25. The van der Waals surface area contributed by atoms with E-state index in [0.717, 1.165) is 24.3 Å². The third-order valence-corrected chi connectivity index (χ3v) is 4.83. The second kappa shape index (κ2) is 7.60. The van der Waals surface area contributed by atoms with Gasteiger partial charge in [0.1, 0.15) is 17.3 Å². The number of amides is 1. The number of ether oxygens (including phenoxy) is 1. The molecule has 6 nitrogen and oxygen atoms in total. The molecule has 0 fully saturated rings. The van der Waals surface area contributed by atoms with Gasteiger partial charge in [-0.3, -0.25) is 4.79 Å². The number of pyridine rings is 1. The van der Waals surface area contributed by atoms with E-state index < -0.39 is 0 Å². The van der Waals surface area contributed by atoms with E-state index in [9.17, 15) is 4.79 Å². The predicted molar refractivity (Wildman–Crippen MR) is 110 cm³/mol. The first kappa shape index (κ1) is 17.9. The summed E-state index contributed by atoms with van der Waals surface area (Å²) in [6.07, 6.45) is 1.67. The molecule has 0 radical (unpaired) electrons. The number of aromatic nitrogens is 1. The Balaban J connectivity index is 1.46. The van der Waals surface area contributed by atoms with Gasteiger partial charge in [-0.2, -0.15) is 0 Å². The van der Waals surface area contributed by atoms with E-state index >= 15 is 0 Å². The Morgan fingerprint density at radius 1 is 1.07 bits per heavy atom. The van der Waals surface area contributed by atoms with Crippen LogP contribution in [0.15, 0.2) is 60.7 Å². The van der Waals surface area contributed by atoms with Crippen molar-refractivity contribution in [1.29, 1.82) is 0 Å². The SMILES string of the molecule is COc1ccc(Nc2cc(N)cc(C(=O)NC3Cc4ccccc4C3)n2)cc1. The van der Waals surface area contributed by atoms with Crippen LogP contribution in [0.2, 0.25) is 0 Å². The van der Waals surface area contributed by atoms with Crippen molar-refractivity contribution in [3.05, 3.63) is 77.5 Å². The molecule has 0 unspecified atom stereocenters. The quantitative estimate of drug-likeness (QED) is 0.638. The third kappa shape index (κ3) is 3.91. The number of hydrogen-bond donors (Lipinski definition) is 3. The molecule has 0 atom stereocenters. The van der Waals surface area contributed by atoms with Gasteiger partial charge >= 0.3 is 0 Å². The maximum absolute atomic E-state index is 12.7. The number of nitrogens with two attached hydrogens (primary N) is 1. The molecule has 0 spiro atoms. The molecule has 4 rings (SSSR count). The van der Waals surface area contributed by atoms with Crippen LogP contribution in [0.25, 0.3) is 0 Å². The highest BCUT2D eigenvalue weighted by molar-refractivity contribution is 5.94. The van der Waals surface area contributed by atoms with Crippen molar-refractivity contribution >= 4 is 23.1 Å². The van der Waals surface area contributed by atoms with Gasteiger partial charge in [-0.15, -0.1) is 0 Å². The van der Waals surface area contributed by atoms with E-state index in [0.29, 0.717) is 17.2 Å². The van der Waals surface area contributed by atoms with Crippen LogP contribution >= 0.6 is 0 Å². The van der Waals surface area contributed by atoms with Gasteiger partial charge in [0, 0.05) is 23.5 Å². The fourth-order valence-corrected chi connectivity index (χ4v) is 3.47. The van der Waals surface area contributed by atoms with Gasteiger partial charge in [-0.25, -0.2) is 4.98 Å². The predicted octanol–water partition coefficient (Wildman–Crippen LogP) is 3.31. The van der Waals surface area contributed by atoms with Gasteiger partial charge in [-0.1, -0.05) is 24.3 Å². The number of methoxy groups -OCH3 is 1. The molecule has 142 valence electrons. The Hall–Kier alpha value is -3.54. The molecule has 0 aliphatic heterocycles. The van der Waals surface area contributed by atoms with Crippen molar-refractivity contribution in [2.75, 3.05) is 18.2 Å². The molecule has 1 amide bonds. The van der Waals surface area contributed by atoms with Crippen molar-refractivity contribution < 1.29 is 9.53 Å². The standard InChI is InChI=1S/C22H22N4O2/c1-28-19-8-6-17(7-9-19)24-21-13-16(23)12-20(26-21)22(27)25-18-10-14-4-2-3-5-15(14)11-18/h2-9,12-13,18H,10-11H2,1H3,(H,25,27)(H3,23,24,26). The fraction of sp³-hybridized carbons (Fsp3) is 0.182. The summed E-state index contributed by atoms with van der Waals surface area (Å²) < 4.78 is 5.16. The summed E-state index contributed by atoms with van der Waals surface area (Å²) >= 11 is 0. The largest absolute Gasteiger partial charge is 0.497 e. The molecule has 1 aliphatic carbocycles. The van der Waals surface area contributed by atoms with Crippen molar-refractivity contribution in [2.24, 2.45) is 0 Å². The lowest BCUT2D eigenvalue weighted by Crippen LogP contribution is -2.35. The molecule has 6 heteroatoms. The van der Waals surface area contributed by atoms with Gasteiger partial charge in [0.15, 0.2) is 0 Å². The summed E-state index contributed by atoms with van der Waals surface area (Å²) in [6, 6.07) is 19.1. The summed E-state index contributed by atoms with van der Waals surface area (Å²) in [7, 11) is 1.62. The highest BCUT2D eigenvalue weighted by Gasteiger charge is 2.23. The first-order valence-corrected chi connectivity index (χ1v) is 9.17. The zero-order chi connectivity index (χ0) is 19.5. The average Bonchev–Trinajstić information content (AvgIpc) is 3.10. The number of nitrogens with zero attached hydrogens (tertiary/aromatic N) is 1. The van der Waals surface area contributed by atoms with Crippen LogP contribution in [0.4, 0.5) is 17.2 Å². The van der Waals surface area contributed by atoms with Crippen LogP contribution in [-0.2, 0) is 12.8 Å². The van der Waals surface area contributed by atoms with E-state index in [1.807, 2.05) is 36.4 Å². The number of carbonyl (C=O) groups excluding carboxylic acids is 1. The minimum atomic E-state index is -0.220. The molecule has 1 aliphatic rings. The maximum Gasteiger partial charge on any atom is 0.270 e. The number of hydrogen-bond acceptors (Lipinski definition) is 5. The molecule has 0 bridgehead atoms. The van der Waals surface area contributed by atoms with Crippen LogP contribution in [0.1, 0.15) is 21.6 Å². The Kier molecular flexibility index (Phi) is 4.85. The number of benzene rings is 2. The van der Waals surface area contributed by atoms with Gasteiger partial charge in [0.05, 0.1) is 7.11 Å². The molecule has 0 saturated heterocycles. The zero-order valence-electron chi connectivity index (χ0n) is 15.6. The summed E-state index contributed by atoms with van der Waals surface area (Å²) in [6.45, 7) is 0. The van der Waals surface area contributed by atoms with Gasteiger partial charge in [0.25, 0.3) is 5.91 Å². The van der Waals surface area contributed by atoms with Crippen LogP contribution in [0, 0.1) is 0 Å². The Labute approximate surface area is 163 Å². The number of nitrogen functional groups attached to an aromatic ring is 1. The average molecular weight is 374 g/mol. The lowest BCUT2D eigenvalue weighted by atomic mass is 10.1. The minimum absolute atomic E-state index is 0.0751. The maximum atomic E-state index is 12.7. The summed E-state index contributed by atoms with van der Waals surface area (Å²) in [5.74, 6) is 1.07. The number of fused-ring (bicyclic) bond motifs is 1. The minimum Gasteiger partial charge on any atom is -0.497 e. The molecule has 1 heterocycles. The van der Waals surface area contributed by atoms with Crippen molar-refractivity contribution in [3.8, 4) is 5.75 Å². The van der Waals surface area contributed by atoms with Crippen molar-refractivity contribution in [1.82, 2.24) is 10.3 Å². The number of anilines is 3. The highest BCUT2D eigenvalue weighted by Crippen LogP contribution is 2.23. The molecule has 2 aromatic carbocycles.